The summed E-state index contributed by atoms with van der Waals surface area (Å²) in [7, 11) is -3.52. The summed E-state index contributed by atoms with van der Waals surface area (Å²) in [6.45, 7) is 10.3. The molecule has 0 saturated carbocycles. The predicted molar refractivity (Wildman–Crippen MR) is 106 cm³/mol. The predicted octanol–water partition coefficient (Wildman–Crippen LogP) is 4.37. The van der Waals surface area contributed by atoms with Gasteiger partial charge in [-0.15, -0.1) is 0 Å². The fourth-order valence-electron chi connectivity index (χ4n) is 2.75. The molecule has 0 radical (unpaired) electrons. The number of nitrogens with zero attached hydrogens (tertiary/aromatic N) is 1. The molecule has 0 aliphatic heterocycles. The maximum absolute atomic E-state index is 12.9. The minimum Gasteiger partial charge on any atom is -0.382 e. The molecule has 1 atom stereocenters. The van der Waals surface area contributed by atoms with Crippen LogP contribution in [0, 0.1) is 5.92 Å². The van der Waals surface area contributed by atoms with Crippen LogP contribution < -0.4 is 4.18 Å². The average Bonchev–Trinajstić information content (AvgIpc) is 2.61. The monoisotopic (exact) mass is 383 g/mol. The third-order valence-electron chi connectivity index (χ3n) is 4.51. The highest BCUT2D eigenvalue weighted by Gasteiger charge is 2.24. The van der Waals surface area contributed by atoms with Crippen LogP contribution in [0.5, 0.6) is 5.75 Å². The Balaban J connectivity index is 2.85. The lowest BCUT2D eigenvalue weighted by Crippen LogP contribution is -2.40. The Morgan fingerprint density at radius 1 is 1.12 bits per heavy atom. The van der Waals surface area contributed by atoms with E-state index in [2.05, 4.69) is 13.8 Å². The van der Waals surface area contributed by atoms with Crippen molar-refractivity contribution in [2.45, 2.75) is 72.9 Å². The van der Waals surface area contributed by atoms with Gasteiger partial charge in [0.2, 0.25) is 5.91 Å². The average molecular weight is 384 g/mol. The van der Waals surface area contributed by atoms with Gasteiger partial charge in [0.05, 0.1) is 5.75 Å². The zero-order valence-electron chi connectivity index (χ0n) is 16.7. The van der Waals surface area contributed by atoms with E-state index in [9.17, 15) is 13.2 Å². The Bertz CT molecular complexity index is 653. The Kier molecular flexibility index (Phi) is 9.13. The molecule has 0 heterocycles. The molecular formula is C20H33NO4S. The van der Waals surface area contributed by atoms with Crippen molar-refractivity contribution in [3.8, 4) is 5.75 Å². The standard InChI is InChI=1S/C20H33NO4S/c1-6-9-10-18(7-2)20(22)21(16(4)5)15-17-11-13-19(14-12-17)25-26(23,24)8-3/h11-14,16,18H,6-10,15H2,1-5H3. The highest BCUT2D eigenvalue weighted by molar-refractivity contribution is 7.87. The molecule has 0 aromatic heterocycles. The van der Waals surface area contributed by atoms with Crippen LogP contribution in [-0.2, 0) is 21.5 Å². The molecule has 1 rings (SSSR count). The SMILES string of the molecule is CCCCC(CC)C(=O)N(Cc1ccc(OS(=O)(=O)CC)cc1)C(C)C. The van der Waals surface area contributed by atoms with Gasteiger partial charge < -0.3 is 9.08 Å². The number of unbranched alkanes of at least 4 members (excludes halogenated alkanes) is 1. The Morgan fingerprint density at radius 3 is 2.19 bits per heavy atom. The number of hydrogen-bond acceptors (Lipinski definition) is 4. The molecule has 1 aromatic rings. The summed E-state index contributed by atoms with van der Waals surface area (Å²) in [4.78, 5) is 14.8. The first kappa shape index (κ1) is 22.5. The van der Waals surface area contributed by atoms with Crippen molar-refractivity contribution >= 4 is 16.0 Å². The summed E-state index contributed by atoms with van der Waals surface area (Å²) < 4.78 is 28.1. The summed E-state index contributed by atoms with van der Waals surface area (Å²) in [6.07, 6.45) is 3.93. The van der Waals surface area contributed by atoms with Gasteiger partial charge in [0.25, 0.3) is 0 Å². The van der Waals surface area contributed by atoms with Crippen LogP contribution >= 0.6 is 0 Å². The van der Waals surface area contributed by atoms with Gasteiger partial charge in [-0.3, -0.25) is 4.79 Å². The molecular weight excluding hydrogens is 350 g/mol. The normalized spacial score (nSPS) is 12.8. The first-order chi connectivity index (χ1) is 12.2. The third kappa shape index (κ3) is 6.98. The summed E-state index contributed by atoms with van der Waals surface area (Å²) in [6, 6.07) is 7.01. The van der Waals surface area contributed by atoms with Crippen LogP contribution in [0.4, 0.5) is 0 Å². The van der Waals surface area contributed by atoms with Crippen molar-refractivity contribution < 1.29 is 17.4 Å². The van der Waals surface area contributed by atoms with Crippen LogP contribution in [0.3, 0.4) is 0 Å². The van der Waals surface area contributed by atoms with Crippen molar-refractivity contribution in [3.63, 3.8) is 0 Å². The summed E-state index contributed by atoms with van der Waals surface area (Å²) in [5.74, 6) is 0.493. The van der Waals surface area contributed by atoms with Crippen molar-refractivity contribution in [1.82, 2.24) is 4.90 Å². The lowest BCUT2D eigenvalue weighted by molar-refractivity contribution is -0.138. The first-order valence-corrected chi connectivity index (χ1v) is 11.1. The van der Waals surface area contributed by atoms with Gasteiger partial charge >= 0.3 is 10.1 Å². The Labute approximate surface area is 158 Å². The van der Waals surface area contributed by atoms with Crippen molar-refractivity contribution in [3.05, 3.63) is 29.8 Å². The number of hydrogen-bond donors (Lipinski definition) is 0. The number of rotatable bonds is 11. The van der Waals surface area contributed by atoms with Crippen molar-refractivity contribution in [1.29, 1.82) is 0 Å². The van der Waals surface area contributed by atoms with Crippen LogP contribution in [0.2, 0.25) is 0 Å². The smallest absolute Gasteiger partial charge is 0.308 e. The van der Waals surface area contributed by atoms with Gasteiger partial charge in [0.1, 0.15) is 5.75 Å². The molecule has 0 bridgehead atoms. The number of carbonyl (C=O) groups is 1. The molecule has 0 aliphatic carbocycles. The zero-order valence-corrected chi connectivity index (χ0v) is 17.5. The molecule has 0 saturated heterocycles. The molecule has 26 heavy (non-hydrogen) atoms. The quantitative estimate of drug-likeness (QED) is 0.532. The fourth-order valence-corrected chi connectivity index (χ4v) is 3.28. The van der Waals surface area contributed by atoms with Crippen LogP contribution in [-0.4, -0.2) is 31.0 Å². The van der Waals surface area contributed by atoms with Crippen LogP contribution in [0.1, 0.15) is 65.9 Å². The van der Waals surface area contributed by atoms with E-state index in [-0.39, 0.29) is 23.6 Å². The van der Waals surface area contributed by atoms with E-state index in [1.807, 2.05) is 30.9 Å². The summed E-state index contributed by atoms with van der Waals surface area (Å²) in [5, 5.41) is 0. The summed E-state index contributed by atoms with van der Waals surface area (Å²) >= 11 is 0. The van der Waals surface area contributed by atoms with Gasteiger partial charge in [-0.1, -0.05) is 38.8 Å². The second kappa shape index (κ2) is 10.6. The van der Waals surface area contributed by atoms with Gasteiger partial charge in [-0.25, -0.2) is 0 Å². The molecule has 0 spiro atoms. The van der Waals surface area contributed by atoms with E-state index in [0.717, 1.165) is 31.2 Å². The van der Waals surface area contributed by atoms with E-state index in [0.29, 0.717) is 12.3 Å². The minimum absolute atomic E-state index is 0.0645. The Morgan fingerprint density at radius 2 is 1.73 bits per heavy atom. The van der Waals surface area contributed by atoms with E-state index >= 15 is 0 Å². The van der Waals surface area contributed by atoms with E-state index in [1.165, 1.54) is 0 Å². The van der Waals surface area contributed by atoms with Gasteiger partial charge in [0.15, 0.2) is 0 Å². The summed E-state index contributed by atoms with van der Waals surface area (Å²) in [5.41, 5.74) is 0.957. The largest absolute Gasteiger partial charge is 0.382 e. The van der Waals surface area contributed by atoms with Crippen molar-refractivity contribution in [2.24, 2.45) is 5.92 Å². The maximum atomic E-state index is 12.9. The number of amides is 1. The lowest BCUT2D eigenvalue weighted by Gasteiger charge is -2.30. The van der Waals surface area contributed by atoms with E-state index in [4.69, 9.17) is 4.18 Å². The molecule has 0 fully saturated rings. The molecule has 0 N–H and O–H groups in total. The second-order valence-electron chi connectivity index (χ2n) is 6.88. The van der Waals surface area contributed by atoms with E-state index < -0.39 is 10.1 Å². The fraction of sp³-hybridized carbons (Fsp3) is 0.650. The maximum Gasteiger partial charge on any atom is 0.308 e. The second-order valence-corrected chi connectivity index (χ2v) is 8.74. The molecule has 1 unspecified atom stereocenters. The molecule has 1 amide bonds. The lowest BCUT2D eigenvalue weighted by atomic mass is 9.97. The van der Waals surface area contributed by atoms with Crippen LogP contribution in [0.25, 0.3) is 0 Å². The van der Waals surface area contributed by atoms with Gasteiger partial charge in [0, 0.05) is 18.5 Å². The highest BCUT2D eigenvalue weighted by Crippen LogP contribution is 2.21. The van der Waals surface area contributed by atoms with Crippen molar-refractivity contribution in [2.75, 3.05) is 5.75 Å². The highest BCUT2D eigenvalue weighted by atomic mass is 32.2. The van der Waals surface area contributed by atoms with Crippen LogP contribution in [0.15, 0.2) is 24.3 Å². The third-order valence-corrected chi connectivity index (χ3v) is 5.66. The van der Waals surface area contributed by atoms with Gasteiger partial charge in [-0.2, -0.15) is 8.42 Å². The molecule has 6 heteroatoms. The number of carbonyl (C=O) groups excluding carboxylic acids is 1. The Hall–Kier alpha value is -1.56. The molecule has 5 nitrogen and oxygen atoms in total. The molecule has 1 aromatic carbocycles. The number of benzene rings is 1. The van der Waals surface area contributed by atoms with Gasteiger partial charge in [-0.05, 0) is 51.3 Å². The van der Waals surface area contributed by atoms with E-state index in [1.54, 1.807) is 19.1 Å². The zero-order chi connectivity index (χ0) is 19.7. The topological polar surface area (TPSA) is 63.7 Å². The molecule has 0 aliphatic rings. The molecule has 148 valence electrons. The minimum atomic E-state index is -3.52. The first-order valence-electron chi connectivity index (χ1n) is 9.55.